The van der Waals surface area contributed by atoms with Crippen LogP contribution in [0.25, 0.3) is 0 Å². The standard InChI is InChI=1S/C12H20N2O2/c1-9(2)5-13-6-11-8-16-12(14-11)15-7-10-3-4-10/h8-10,13H,3-7H2,1-2H3. The Morgan fingerprint density at radius 1 is 1.56 bits per heavy atom. The van der Waals surface area contributed by atoms with Crippen LogP contribution in [-0.2, 0) is 6.54 Å². The number of ether oxygens (including phenoxy) is 1. The highest BCUT2D eigenvalue weighted by molar-refractivity contribution is 4.99. The predicted octanol–water partition coefficient (Wildman–Crippen LogP) is 2.21. The Kier molecular flexibility index (Phi) is 3.83. The Hall–Kier alpha value is -1.03. The summed E-state index contributed by atoms with van der Waals surface area (Å²) in [6, 6.07) is 0. The topological polar surface area (TPSA) is 47.3 Å². The van der Waals surface area contributed by atoms with Gasteiger partial charge in [0.2, 0.25) is 0 Å². The number of hydrogen-bond donors (Lipinski definition) is 1. The molecule has 1 heterocycles. The Labute approximate surface area is 96.4 Å². The maximum absolute atomic E-state index is 5.43. The van der Waals surface area contributed by atoms with Gasteiger partial charge >= 0.3 is 6.08 Å². The first-order valence-corrected chi connectivity index (χ1v) is 6.02. The number of aromatic nitrogens is 1. The molecule has 0 aromatic carbocycles. The van der Waals surface area contributed by atoms with Gasteiger partial charge in [0.05, 0.1) is 12.3 Å². The van der Waals surface area contributed by atoms with Gasteiger partial charge in [0, 0.05) is 6.54 Å². The quantitative estimate of drug-likeness (QED) is 0.771. The highest BCUT2D eigenvalue weighted by Gasteiger charge is 2.22. The van der Waals surface area contributed by atoms with Crippen molar-refractivity contribution in [2.24, 2.45) is 11.8 Å². The van der Waals surface area contributed by atoms with Crippen LogP contribution in [0.4, 0.5) is 0 Å². The lowest BCUT2D eigenvalue weighted by Crippen LogP contribution is -2.19. The third-order valence-electron chi connectivity index (χ3n) is 2.53. The monoisotopic (exact) mass is 224 g/mol. The molecule has 0 atom stereocenters. The van der Waals surface area contributed by atoms with Crippen LogP contribution in [0.5, 0.6) is 6.08 Å². The Bertz CT molecular complexity index is 319. The lowest BCUT2D eigenvalue weighted by atomic mass is 10.2. The van der Waals surface area contributed by atoms with Crippen LogP contribution in [0, 0.1) is 11.8 Å². The third-order valence-corrected chi connectivity index (χ3v) is 2.53. The summed E-state index contributed by atoms with van der Waals surface area (Å²) >= 11 is 0. The molecule has 0 aliphatic heterocycles. The zero-order chi connectivity index (χ0) is 11.4. The van der Waals surface area contributed by atoms with Gasteiger partial charge in [-0.2, -0.15) is 4.98 Å². The van der Waals surface area contributed by atoms with Crippen LogP contribution in [0.2, 0.25) is 0 Å². The summed E-state index contributed by atoms with van der Waals surface area (Å²) in [4.78, 5) is 4.26. The van der Waals surface area contributed by atoms with E-state index in [-0.39, 0.29) is 0 Å². The van der Waals surface area contributed by atoms with Gasteiger partial charge in [-0.1, -0.05) is 13.8 Å². The Morgan fingerprint density at radius 3 is 3.06 bits per heavy atom. The largest absolute Gasteiger partial charge is 0.450 e. The average Bonchev–Trinajstić information content (AvgIpc) is 2.96. The molecule has 0 spiro atoms. The average molecular weight is 224 g/mol. The summed E-state index contributed by atoms with van der Waals surface area (Å²) in [5.74, 6) is 1.38. The van der Waals surface area contributed by atoms with Gasteiger partial charge in [-0.3, -0.25) is 0 Å². The molecule has 16 heavy (non-hydrogen) atoms. The highest BCUT2D eigenvalue weighted by atomic mass is 16.6. The van der Waals surface area contributed by atoms with E-state index in [9.17, 15) is 0 Å². The van der Waals surface area contributed by atoms with Crippen molar-refractivity contribution >= 4 is 0 Å². The maximum atomic E-state index is 5.43. The molecule has 0 unspecified atom stereocenters. The zero-order valence-corrected chi connectivity index (χ0v) is 10.0. The molecule has 0 amide bonds. The predicted molar refractivity (Wildman–Crippen MR) is 61.3 cm³/mol. The maximum Gasteiger partial charge on any atom is 0.393 e. The zero-order valence-electron chi connectivity index (χ0n) is 10.0. The fraction of sp³-hybridized carbons (Fsp3) is 0.750. The number of rotatable bonds is 7. The van der Waals surface area contributed by atoms with Gasteiger partial charge in [-0.15, -0.1) is 0 Å². The lowest BCUT2D eigenvalue weighted by Gasteiger charge is -2.04. The number of oxazole rings is 1. The van der Waals surface area contributed by atoms with Gasteiger partial charge in [-0.25, -0.2) is 0 Å². The molecule has 0 radical (unpaired) electrons. The van der Waals surface area contributed by atoms with E-state index in [4.69, 9.17) is 9.15 Å². The second kappa shape index (κ2) is 5.34. The summed E-state index contributed by atoms with van der Waals surface area (Å²) in [6.07, 6.45) is 4.64. The van der Waals surface area contributed by atoms with Gasteiger partial charge in [0.25, 0.3) is 0 Å². The van der Waals surface area contributed by atoms with E-state index in [0.29, 0.717) is 12.0 Å². The number of nitrogens with zero attached hydrogens (tertiary/aromatic N) is 1. The summed E-state index contributed by atoms with van der Waals surface area (Å²) in [5, 5.41) is 3.31. The minimum atomic E-state index is 0.410. The summed E-state index contributed by atoms with van der Waals surface area (Å²) < 4.78 is 10.7. The van der Waals surface area contributed by atoms with E-state index in [1.807, 2.05) is 0 Å². The normalized spacial score (nSPS) is 15.7. The van der Waals surface area contributed by atoms with Crippen molar-refractivity contribution in [2.45, 2.75) is 33.2 Å². The molecule has 4 nitrogen and oxygen atoms in total. The third kappa shape index (κ3) is 3.85. The fourth-order valence-electron chi connectivity index (χ4n) is 1.40. The molecular formula is C12H20N2O2. The van der Waals surface area contributed by atoms with Crippen molar-refractivity contribution in [3.8, 4) is 6.08 Å². The van der Waals surface area contributed by atoms with Gasteiger partial charge in [0.1, 0.15) is 6.26 Å². The first kappa shape index (κ1) is 11.5. The van der Waals surface area contributed by atoms with E-state index >= 15 is 0 Å². The molecule has 90 valence electrons. The minimum absolute atomic E-state index is 0.410. The molecule has 1 aromatic rings. The lowest BCUT2D eigenvalue weighted by molar-refractivity contribution is 0.219. The molecule has 1 aliphatic carbocycles. The van der Waals surface area contributed by atoms with Crippen molar-refractivity contribution in [3.05, 3.63) is 12.0 Å². The van der Waals surface area contributed by atoms with Crippen LogP contribution in [-0.4, -0.2) is 18.1 Å². The SMILES string of the molecule is CC(C)CNCc1coc(OCC2CC2)n1. The minimum Gasteiger partial charge on any atom is -0.450 e. The first-order chi connectivity index (χ1) is 7.74. The van der Waals surface area contributed by atoms with Crippen LogP contribution in [0.1, 0.15) is 32.4 Å². The van der Waals surface area contributed by atoms with Crippen LogP contribution < -0.4 is 10.1 Å². The van der Waals surface area contributed by atoms with Gasteiger partial charge in [-0.05, 0) is 31.2 Å². The van der Waals surface area contributed by atoms with Crippen molar-refractivity contribution in [1.29, 1.82) is 0 Å². The van der Waals surface area contributed by atoms with E-state index in [1.165, 1.54) is 12.8 Å². The second-order valence-electron chi connectivity index (χ2n) is 4.88. The molecule has 0 saturated heterocycles. The van der Waals surface area contributed by atoms with Crippen molar-refractivity contribution < 1.29 is 9.15 Å². The van der Waals surface area contributed by atoms with Gasteiger partial charge < -0.3 is 14.5 Å². The highest BCUT2D eigenvalue weighted by Crippen LogP contribution is 2.29. The molecule has 1 aromatic heterocycles. The number of hydrogen-bond acceptors (Lipinski definition) is 4. The molecule has 4 heteroatoms. The van der Waals surface area contributed by atoms with E-state index in [0.717, 1.165) is 31.3 Å². The first-order valence-electron chi connectivity index (χ1n) is 6.02. The fourth-order valence-corrected chi connectivity index (χ4v) is 1.40. The van der Waals surface area contributed by atoms with Crippen molar-refractivity contribution in [2.75, 3.05) is 13.2 Å². The van der Waals surface area contributed by atoms with Gasteiger partial charge in [0.15, 0.2) is 0 Å². The van der Waals surface area contributed by atoms with Crippen molar-refractivity contribution in [1.82, 2.24) is 10.3 Å². The Balaban J connectivity index is 1.68. The summed E-state index contributed by atoms with van der Waals surface area (Å²) in [6.45, 7) is 6.85. The molecule has 1 aliphatic rings. The van der Waals surface area contributed by atoms with E-state index in [1.54, 1.807) is 6.26 Å². The van der Waals surface area contributed by atoms with Crippen LogP contribution in [0.3, 0.4) is 0 Å². The molecule has 2 rings (SSSR count). The van der Waals surface area contributed by atoms with E-state index in [2.05, 4.69) is 24.1 Å². The molecule has 1 saturated carbocycles. The summed E-state index contributed by atoms with van der Waals surface area (Å²) in [5.41, 5.74) is 0.909. The molecule has 1 N–H and O–H groups in total. The van der Waals surface area contributed by atoms with Crippen LogP contribution >= 0.6 is 0 Å². The summed E-state index contributed by atoms with van der Waals surface area (Å²) in [7, 11) is 0. The van der Waals surface area contributed by atoms with Crippen LogP contribution in [0.15, 0.2) is 10.7 Å². The molecular weight excluding hydrogens is 204 g/mol. The molecule has 0 bridgehead atoms. The van der Waals surface area contributed by atoms with E-state index < -0.39 is 0 Å². The second-order valence-corrected chi connectivity index (χ2v) is 4.88. The Morgan fingerprint density at radius 2 is 2.38 bits per heavy atom. The van der Waals surface area contributed by atoms with Crippen molar-refractivity contribution in [3.63, 3.8) is 0 Å². The molecule has 1 fully saturated rings. The number of nitrogens with one attached hydrogen (secondary N) is 1. The smallest absolute Gasteiger partial charge is 0.393 e.